The van der Waals surface area contributed by atoms with E-state index in [2.05, 4.69) is 15.9 Å². The van der Waals surface area contributed by atoms with Crippen LogP contribution in [-0.2, 0) is 0 Å². The monoisotopic (exact) mass is 270 g/mol. The standard InChI is InChI=1S/C12H15BrO2/c1-8(9(2)14)6-10-4-5-12(15-3)11(13)7-10/h4-7,9,14H,1-3H3/b8-6-. The van der Waals surface area contributed by atoms with E-state index in [9.17, 15) is 5.11 Å². The number of ether oxygens (including phenoxy) is 1. The average molecular weight is 271 g/mol. The fourth-order valence-electron chi connectivity index (χ4n) is 1.16. The van der Waals surface area contributed by atoms with Crippen LogP contribution in [0.3, 0.4) is 0 Å². The van der Waals surface area contributed by atoms with E-state index in [1.54, 1.807) is 14.0 Å². The molecule has 3 heteroatoms. The van der Waals surface area contributed by atoms with Crippen LogP contribution in [0.2, 0.25) is 0 Å². The molecule has 1 aromatic rings. The molecule has 0 fully saturated rings. The van der Waals surface area contributed by atoms with Crippen LogP contribution in [0.4, 0.5) is 0 Å². The second-order valence-corrected chi connectivity index (χ2v) is 4.31. The largest absolute Gasteiger partial charge is 0.496 e. The second-order valence-electron chi connectivity index (χ2n) is 3.46. The van der Waals surface area contributed by atoms with Crippen molar-refractivity contribution < 1.29 is 9.84 Å². The molecule has 0 saturated heterocycles. The highest BCUT2D eigenvalue weighted by molar-refractivity contribution is 9.10. The zero-order chi connectivity index (χ0) is 11.4. The van der Waals surface area contributed by atoms with E-state index in [-0.39, 0.29) is 0 Å². The molecule has 1 unspecified atom stereocenters. The third kappa shape index (κ3) is 3.36. The molecule has 0 amide bonds. The lowest BCUT2D eigenvalue weighted by molar-refractivity contribution is 0.232. The van der Waals surface area contributed by atoms with Crippen molar-refractivity contribution in [3.63, 3.8) is 0 Å². The van der Waals surface area contributed by atoms with E-state index in [1.807, 2.05) is 31.2 Å². The van der Waals surface area contributed by atoms with Crippen molar-refractivity contribution in [1.82, 2.24) is 0 Å². The molecule has 1 atom stereocenters. The highest BCUT2D eigenvalue weighted by Crippen LogP contribution is 2.26. The molecule has 0 aliphatic heterocycles. The summed E-state index contributed by atoms with van der Waals surface area (Å²) in [4.78, 5) is 0. The summed E-state index contributed by atoms with van der Waals surface area (Å²) < 4.78 is 6.05. The molecule has 1 aromatic carbocycles. The van der Waals surface area contributed by atoms with Gasteiger partial charge in [-0.05, 0) is 53.0 Å². The highest BCUT2D eigenvalue weighted by atomic mass is 79.9. The minimum atomic E-state index is -0.411. The van der Waals surface area contributed by atoms with Crippen LogP contribution >= 0.6 is 15.9 Å². The SMILES string of the molecule is COc1ccc(/C=C(/C)C(C)O)cc1Br. The molecule has 0 spiro atoms. The van der Waals surface area contributed by atoms with Crippen molar-refractivity contribution in [2.75, 3.05) is 7.11 Å². The lowest BCUT2D eigenvalue weighted by Crippen LogP contribution is -2.00. The number of rotatable bonds is 3. The van der Waals surface area contributed by atoms with Gasteiger partial charge in [0.1, 0.15) is 5.75 Å². The molecule has 0 aliphatic carbocycles. The summed E-state index contributed by atoms with van der Waals surface area (Å²) in [5.41, 5.74) is 1.98. The topological polar surface area (TPSA) is 29.5 Å². The van der Waals surface area contributed by atoms with Gasteiger partial charge in [0.15, 0.2) is 0 Å². The van der Waals surface area contributed by atoms with Crippen molar-refractivity contribution in [2.24, 2.45) is 0 Å². The minimum absolute atomic E-state index is 0.411. The summed E-state index contributed by atoms with van der Waals surface area (Å²) >= 11 is 3.42. The van der Waals surface area contributed by atoms with Crippen LogP contribution < -0.4 is 4.74 Å². The van der Waals surface area contributed by atoms with Crippen LogP contribution in [0.5, 0.6) is 5.75 Å². The average Bonchev–Trinajstić information content (AvgIpc) is 2.18. The molecule has 0 radical (unpaired) electrons. The Hall–Kier alpha value is -0.800. The summed E-state index contributed by atoms with van der Waals surface area (Å²) in [6, 6.07) is 5.81. The number of methoxy groups -OCH3 is 1. The molecule has 82 valence electrons. The Morgan fingerprint density at radius 2 is 2.20 bits per heavy atom. The van der Waals surface area contributed by atoms with Gasteiger partial charge in [0, 0.05) is 0 Å². The predicted molar refractivity (Wildman–Crippen MR) is 66.0 cm³/mol. The number of hydrogen-bond donors (Lipinski definition) is 1. The quantitative estimate of drug-likeness (QED) is 0.914. The van der Waals surface area contributed by atoms with Crippen LogP contribution in [0.15, 0.2) is 28.2 Å². The number of aliphatic hydroxyl groups excluding tert-OH is 1. The summed E-state index contributed by atoms with van der Waals surface area (Å²) in [5.74, 6) is 0.807. The van der Waals surface area contributed by atoms with Crippen molar-refractivity contribution >= 4 is 22.0 Å². The maximum atomic E-state index is 9.35. The fourth-order valence-corrected chi connectivity index (χ4v) is 1.71. The summed E-state index contributed by atoms with van der Waals surface area (Å²) in [5, 5.41) is 9.35. The van der Waals surface area contributed by atoms with Crippen molar-refractivity contribution in [3.05, 3.63) is 33.8 Å². The number of hydrogen-bond acceptors (Lipinski definition) is 2. The molecular formula is C12H15BrO2. The Labute approximate surface area is 98.7 Å². The molecule has 2 nitrogen and oxygen atoms in total. The number of benzene rings is 1. The van der Waals surface area contributed by atoms with Gasteiger partial charge in [-0.15, -0.1) is 0 Å². The van der Waals surface area contributed by atoms with Gasteiger partial charge >= 0.3 is 0 Å². The van der Waals surface area contributed by atoms with Gasteiger partial charge in [-0.1, -0.05) is 12.1 Å². The van der Waals surface area contributed by atoms with Crippen LogP contribution in [0, 0.1) is 0 Å². The molecule has 1 rings (SSSR count). The Morgan fingerprint density at radius 3 is 2.67 bits per heavy atom. The van der Waals surface area contributed by atoms with Crippen molar-refractivity contribution in [1.29, 1.82) is 0 Å². The number of halogens is 1. The molecule has 1 N–H and O–H groups in total. The predicted octanol–water partition coefficient (Wildman–Crippen LogP) is 3.24. The second kappa shape index (κ2) is 5.33. The first-order valence-electron chi connectivity index (χ1n) is 4.74. The maximum absolute atomic E-state index is 9.35. The molecule has 15 heavy (non-hydrogen) atoms. The third-order valence-corrected chi connectivity index (χ3v) is 2.85. The van der Waals surface area contributed by atoms with Crippen molar-refractivity contribution in [2.45, 2.75) is 20.0 Å². The third-order valence-electron chi connectivity index (χ3n) is 2.23. The van der Waals surface area contributed by atoms with Gasteiger partial charge in [-0.2, -0.15) is 0 Å². The molecule has 0 saturated carbocycles. The highest BCUT2D eigenvalue weighted by Gasteiger charge is 2.02. The van der Waals surface area contributed by atoms with E-state index in [0.717, 1.165) is 21.4 Å². The first-order chi connectivity index (χ1) is 7.04. The van der Waals surface area contributed by atoms with E-state index in [4.69, 9.17) is 4.74 Å². The van der Waals surface area contributed by atoms with Gasteiger partial charge in [-0.3, -0.25) is 0 Å². The zero-order valence-corrected chi connectivity index (χ0v) is 10.7. The summed E-state index contributed by atoms with van der Waals surface area (Å²) in [6.45, 7) is 3.66. The molecule has 0 aromatic heterocycles. The van der Waals surface area contributed by atoms with Gasteiger partial charge in [-0.25, -0.2) is 0 Å². The first kappa shape index (κ1) is 12.3. The number of aliphatic hydroxyl groups is 1. The van der Waals surface area contributed by atoms with Crippen LogP contribution in [-0.4, -0.2) is 18.3 Å². The smallest absolute Gasteiger partial charge is 0.133 e. The Bertz CT molecular complexity index is 370. The molecular weight excluding hydrogens is 256 g/mol. The zero-order valence-electron chi connectivity index (χ0n) is 9.12. The van der Waals surface area contributed by atoms with Gasteiger partial charge < -0.3 is 9.84 Å². The van der Waals surface area contributed by atoms with E-state index >= 15 is 0 Å². The normalized spacial score (nSPS) is 13.8. The summed E-state index contributed by atoms with van der Waals surface area (Å²) in [7, 11) is 1.64. The lowest BCUT2D eigenvalue weighted by Gasteiger charge is -2.06. The first-order valence-corrected chi connectivity index (χ1v) is 5.53. The van der Waals surface area contributed by atoms with Crippen molar-refractivity contribution in [3.8, 4) is 5.75 Å². The maximum Gasteiger partial charge on any atom is 0.133 e. The molecule has 0 heterocycles. The van der Waals surface area contributed by atoms with Gasteiger partial charge in [0.05, 0.1) is 17.7 Å². The molecule has 0 bridgehead atoms. The summed E-state index contributed by atoms with van der Waals surface area (Å²) in [6.07, 6.45) is 1.54. The van der Waals surface area contributed by atoms with E-state index in [0.29, 0.717) is 0 Å². The Morgan fingerprint density at radius 1 is 1.53 bits per heavy atom. The Balaban J connectivity index is 2.98. The van der Waals surface area contributed by atoms with Crippen LogP contribution in [0.1, 0.15) is 19.4 Å². The minimum Gasteiger partial charge on any atom is -0.496 e. The van der Waals surface area contributed by atoms with E-state index < -0.39 is 6.10 Å². The van der Waals surface area contributed by atoms with Gasteiger partial charge in [0.25, 0.3) is 0 Å². The molecule has 0 aliphatic rings. The van der Waals surface area contributed by atoms with Crippen LogP contribution in [0.25, 0.3) is 6.08 Å². The van der Waals surface area contributed by atoms with E-state index in [1.165, 1.54) is 0 Å². The Kier molecular flexibility index (Phi) is 4.36. The fraction of sp³-hybridized carbons (Fsp3) is 0.333. The van der Waals surface area contributed by atoms with Gasteiger partial charge in [0.2, 0.25) is 0 Å². The lowest BCUT2D eigenvalue weighted by atomic mass is 10.1.